The molecule has 1 saturated heterocycles. The van der Waals surface area contributed by atoms with Gasteiger partial charge in [-0.15, -0.1) is 11.8 Å². The second-order valence-corrected chi connectivity index (χ2v) is 10.9. The van der Waals surface area contributed by atoms with Crippen molar-refractivity contribution in [3.8, 4) is 28.4 Å². The van der Waals surface area contributed by atoms with Crippen molar-refractivity contribution in [1.82, 2.24) is 24.6 Å². The number of imidazole rings is 1. The SMILES string of the molecule is Cc1n[nH]cc1-c1cn2c(n1)-c1cc(SC3CCN(C(C)(C)C)CC3)ccc1OCC2. The van der Waals surface area contributed by atoms with E-state index in [1.54, 1.807) is 0 Å². The summed E-state index contributed by atoms with van der Waals surface area (Å²) in [7, 11) is 0. The zero-order chi connectivity index (χ0) is 21.6. The van der Waals surface area contributed by atoms with Crippen LogP contribution < -0.4 is 4.74 Å². The molecule has 0 atom stereocenters. The van der Waals surface area contributed by atoms with Crippen LogP contribution in [0.4, 0.5) is 0 Å². The third-order valence-electron chi connectivity index (χ3n) is 6.36. The summed E-state index contributed by atoms with van der Waals surface area (Å²) in [6.07, 6.45) is 6.50. The van der Waals surface area contributed by atoms with Gasteiger partial charge in [-0.2, -0.15) is 5.10 Å². The van der Waals surface area contributed by atoms with Crippen LogP contribution in [0.5, 0.6) is 5.75 Å². The summed E-state index contributed by atoms with van der Waals surface area (Å²) in [5.41, 5.74) is 4.33. The van der Waals surface area contributed by atoms with Gasteiger partial charge in [0.15, 0.2) is 0 Å². The monoisotopic (exact) mass is 437 g/mol. The molecular formula is C24H31N5OS. The molecule has 2 aromatic heterocycles. The molecule has 5 rings (SSSR count). The summed E-state index contributed by atoms with van der Waals surface area (Å²) in [4.78, 5) is 8.89. The van der Waals surface area contributed by atoms with Crippen LogP contribution in [0, 0.1) is 6.92 Å². The number of fused-ring (bicyclic) bond motifs is 3. The predicted molar refractivity (Wildman–Crippen MR) is 126 cm³/mol. The fourth-order valence-corrected chi connectivity index (χ4v) is 5.69. The maximum Gasteiger partial charge on any atom is 0.144 e. The Bertz CT molecular complexity index is 1070. The number of likely N-dealkylation sites (tertiary alicyclic amines) is 1. The van der Waals surface area contributed by atoms with Gasteiger partial charge in [-0.3, -0.25) is 10.00 Å². The van der Waals surface area contributed by atoms with Crippen molar-refractivity contribution in [3.63, 3.8) is 0 Å². The minimum atomic E-state index is 0.263. The van der Waals surface area contributed by atoms with Crippen molar-refractivity contribution in [1.29, 1.82) is 0 Å². The van der Waals surface area contributed by atoms with Crippen LogP contribution in [-0.2, 0) is 6.54 Å². The zero-order valence-corrected chi connectivity index (χ0v) is 19.6. The van der Waals surface area contributed by atoms with Crippen LogP contribution in [0.25, 0.3) is 22.6 Å². The number of aryl methyl sites for hydroxylation is 1. The van der Waals surface area contributed by atoms with E-state index < -0.39 is 0 Å². The van der Waals surface area contributed by atoms with Gasteiger partial charge in [-0.25, -0.2) is 4.98 Å². The molecule has 1 aromatic carbocycles. The van der Waals surface area contributed by atoms with Crippen molar-refractivity contribution in [2.75, 3.05) is 19.7 Å². The van der Waals surface area contributed by atoms with Gasteiger partial charge in [-0.1, -0.05) is 0 Å². The normalized spacial score (nSPS) is 17.7. The lowest BCUT2D eigenvalue weighted by Gasteiger charge is -2.40. The first-order valence-electron chi connectivity index (χ1n) is 11.2. The van der Waals surface area contributed by atoms with E-state index in [0.29, 0.717) is 11.9 Å². The molecule has 31 heavy (non-hydrogen) atoms. The Balaban J connectivity index is 1.39. The summed E-state index contributed by atoms with van der Waals surface area (Å²) in [6, 6.07) is 6.60. The van der Waals surface area contributed by atoms with E-state index in [0.717, 1.165) is 40.6 Å². The lowest BCUT2D eigenvalue weighted by molar-refractivity contribution is 0.113. The van der Waals surface area contributed by atoms with Crippen LogP contribution in [-0.4, -0.2) is 55.1 Å². The number of rotatable bonds is 3. The molecule has 0 bridgehead atoms. The molecule has 164 valence electrons. The average Bonchev–Trinajstić information content (AvgIpc) is 3.31. The summed E-state index contributed by atoms with van der Waals surface area (Å²) in [5, 5.41) is 7.86. The quantitative estimate of drug-likeness (QED) is 0.625. The first kappa shape index (κ1) is 20.6. The van der Waals surface area contributed by atoms with Gasteiger partial charge in [0.2, 0.25) is 0 Å². The van der Waals surface area contributed by atoms with Gasteiger partial charge >= 0.3 is 0 Å². The lowest BCUT2D eigenvalue weighted by atomic mass is 10.0. The number of nitrogens with zero attached hydrogens (tertiary/aromatic N) is 4. The zero-order valence-electron chi connectivity index (χ0n) is 18.8. The van der Waals surface area contributed by atoms with E-state index in [2.05, 4.69) is 64.8 Å². The summed E-state index contributed by atoms with van der Waals surface area (Å²) < 4.78 is 8.26. The molecule has 0 radical (unpaired) electrons. The number of nitrogens with one attached hydrogen (secondary N) is 1. The van der Waals surface area contributed by atoms with E-state index in [4.69, 9.17) is 9.72 Å². The molecule has 0 saturated carbocycles. The van der Waals surface area contributed by atoms with E-state index in [9.17, 15) is 0 Å². The third kappa shape index (κ3) is 4.13. The molecule has 1 fully saturated rings. The van der Waals surface area contributed by atoms with E-state index in [-0.39, 0.29) is 5.54 Å². The van der Waals surface area contributed by atoms with Gasteiger partial charge in [0, 0.05) is 33.6 Å². The lowest BCUT2D eigenvalue weighted by Crippen LogP contribution is -2.46. The standard InChI is InChI=1S/C24H31N5OS/c1-16-20(14-25-27-16)21-15-28-11-12-30-22-6-5-18(13-19(22)23(28)26-21)31-17-7-9-29(10-8-17)24(2,3)4/h5-6,13-15,17H,7-12H2,1-4H3,(H,25,27). The molecule has 7 heteroatoms. The van der Waals surface area contributed by atoms with Crippen LogP contribution >= 0.6 is 11.8 Å². The number of hydrogen-bond donors (Lipinski definition) is 1. The van der Waals surface area contributed by atoms with Crippen LogP contribution in [0.2, 0.25) is 0 Å². The average molecular weight is 438 g/mol. The number of hydrogen-bond acceptors (Lipinski definition) is 5. The molecule has 0 spiro atoms. The minimum Gasteiger partial charge on any atom is -0.491 e. The van der Waals surface area contributed by atoms with Gasteiger partial charge in [0.05, 0.1) is 23.5 Å². The number of thioether (sulfide) groups is 1. The van der Waals surface area contributed by atoms with Crippen molar-refractivity contribution < 1.29 is 4.74 Å². The summed E-state index contributed by atoms with van der Waals surface area (Å²) in [5.74, 6) is 1.90. The number of aromatic amines is 1. The molecular weight excluding hydrogens is 406 g/mol. The molecule has 4 heterocycles. The maximum atomic E-state index is 6.04. The fraction of sp³-hybridized carbons (Fsp3) is 0.500. The molecule has 6 nitrogen and oxygen atoms in total. The topological polar surface area (TPSA) is 59.0 Å². The molecule has 2 aliphatic heterocycles. The van der Waals surface area contributed by atoms with Crippen molar-refractivity contribution in [2.24, 2.45) is 0 Å². The van der Waals surface area contributed by atoms with E-state index in [1.165, 1.54) is 30.8 Å². The Morgan fingerprint density at radius 1 is 1.13 bits per heavy atom. The molecule has 0 aliphatic carbocycles. The molecule has 0 unspecified atom stereocenters. The van der Waals surface area contributed by atoms with Gasteiger partial charge in [0.25, 0.3) is 0 Å². The summed E-state index contributed by atoms with van der Waals surface area (Å²) >= 11 is 2.00. The van der Waals surface area contributed by atoms with Crippen molar-refractivity contribution >= 4 is 11.8 Å². The molecule has 3 aromatic rings. The van der Waals surface area contributed by atoms with Crippen molar-refractivity contribution in [3.05, 3.63) is 36.3 Å². The first-order chi connectivity index (χ1) is 14.9. The highest BCUT2D eigenvalue weighted by Crippen LogP contribution is 2.39. The number of ether oxygens (including phenoxy) is 1. The predicted octanol–water partition coefficient (Wildman–Crippen LogP) is 5.00. The number of piperidine rings is 1. The maximum absolute atomic E-state index is 6.04. The third-order valence-corrected chi connectivity index (χ3v) is 7.69. The first-order valence-corrected chi connectivity index (χ1v) is 12.0. The van der Waals surface area contributed by atoms with Crippen LogP contribution in [0.3, 0.4) is 0 Å². The number of benzene rings is 1. The highest BCUT2D eigenvalue weighted by Gasteiger charge is 2.28. The Kier molecular flexibility index (Phi) is 5.34. The number of aromatic nitrogens is 4. The Hall–Kier alpha value is -2.25. The van der Waals surface area contributed by atoms with Gasteiger partial charge in [-0.05, 0) is 71.8 Å². The largest absolute Gasteiger partial charge is 0.491 e. The molecule has 2 aliphatic rings. The second-order valence-electron chi connectivity index (χ2n) is 9.51. The Morgan fingerprint density at radius 2 is 1.94 bits per heavy atom. The molecule has 1 N–H and O–H groups in total. The van der Waals surface area contributed by atoms with Gasteiger partial charge in [0.1, 0.15) is 18.2 Å². The highest BCUT2D eigenvalue weighted by atomic mass is 32.2. The second kappa shape index (κ2) is 8.02. The Labute approximate surface area is 188 Å². The molecule has 0 amide bonds. The Morgan fingerprint density at radius 3 is 2.65 bits per heavy atom. The smallest absolute Gasteiger partial charge is 0.144 e. The fourth-order valence-electron chi connectivity index (χ4n) is 4.52. The highest BCUT2D eigenvalue weighted by molar-refractivity contribution is 8.00. The minimum absolute atomic E-state index is 0.263. The summed E-state index contributed by atoms with van der Waals surface area (Å²) in [6.45, 7) is 12.7. The van der Waals surface area contributed by atoms with Gasteiger partial charge < -0.3 is 9.30 Å². The van der Waals surface area contributed by atoms with Crippen LogP contribution in [0.15, 0.2) is 35.5 Å². The number of H-pyrrole nitrogens is 1. The van der Waals surface area contributed by atoms with Crippen molar-refractivity contribution in [2.45, 2.75) is 62.8 Å². The van der Waals surface area contributed by atoms with Crippen LogP contribution in [0.1, 0.15) is 39.3 Å². The van der Waals surface area contributed by atoms with E-state index in [1.807, 2.05) is 24.9 Å². The van der Waals surface area contributed by atoms with E-state index >= 15 is 0 Å².